The largest absolute Gasteiger partial charge is 0.377 e. The van der Waals surface area contributed by atoms with Gasteiger partial charge in [0.1, 0.15) is 0 Å². The molecule has 1 aromatic heterocycles. The summed E-state index contributed by atoms with van der Waals surface area (Å²) >= 11 is 0. The van der Waals surface area contributed by atoms with E-state index in [-0.39, 0.29) is 12.1 Å². The van der Waals surface area contributed by atoms with Crippen LogP contribution in [0, 0.1) is 13.8 Å². The fourth-order valence-corrected chi connectivity index (χ4v) is 1.33. The van der Waals surface area contributed by atoms with Gasteiger partial charge in [-0.1, -0.05) is 0 Å². The zero-order valence-corrected chi connectivity index (χ0v) is 9.82. The number of nitrogens with two attached hydrogens (primary N) is 1. The van der Waals surface area contributed by atoms with Gasteiger partial charge in [-0.05, 0) is 39.3 Å². The van der Waals surface area contributed by atoms with E-state index in [1.165, 1.54) is 0 Å². The number of hydrogen-bond acceptors (Lipinski definition) is 4. The Hall–Kier alpha value is -1.00. The van der Waals surface area contributed by atoms with Crippen LogP contribution in [0.2, 0.25) is 0 Å². The van der Waals surface area contributed by atoms with Gasteiger partial charge in [-0.3, -0.25) is 0 Å². The molecule has 1 rings (SSSR count). The first-order valence-corrected chi connectivity index (χ1v) is 5.18. The van der Waals surface area contributed by atoms with Crippen LogP contribution in [-0.4, -0.2) is 22.9 Å². The van der Waals surface area contributed by atoms with Crippen molar-refractivity contribution in [1.82, 2.24) is 10.2 Å². The van der Waals surface area contributed by atoms with Crippen LogP contribution >= 0.6 is 0 Å². The Balaban J connectivity index is 2.72. The van der Waals surface area contributed by atoms with Gasteiger partial charge >= 0.3 is 0 Å². The maximum absolute atomic E-state index is 6.02. The molecule has 0 aliphatic rings. The second-order valence-electron chi connectivity index (χ2n) is 4.02. The van der Waals surface area contributed by atoms with Crippen molar-refractivity contribution < 1.29 is 4.74 Å². The van der Waals surface area contributed by atoms with Gasteiger partial charge in [0.15, 0.2) is 0 Å². The molecule has 0 saturated carbocycles. The monoisotopic (exact) mass is 209 g/mol. The van der Waals surface area contributed by atoms with Crippen molar-refractivity contribution in [3.8, 4) is 0 Å². The van der Waals surface area contributed by atoms with Crippen molar-refractivity contribution in [2.45, 2.75) is 39.8 Å². The minimum absolute atomic E-state index is 0.124. The Labute approximate surface area is 90.8 Å². The van der Waals surface area contributed by atoms with Gasteiger partial charge in [0.05, 0.1) is 30.1 Å². The topological polar surface area (TPSA) is 61.0 Å². The van der Waals surface area contributed by atoms with Gasteiger partial charge in [-0.15, -0.1) is 0 Å². The molecule has 1 heterocycles. The molecule has 0 amide bonds. The first-order valence-electron chi connectivity index (χ1n) is 5.18. The van der Waals surface area contributed by atoms with Crippen molar-refractivity contribution in [3.63, 3.8) is 0 Å². The number of nitrogens with zero attached hydrogens (tertiary/aromatic N) is 2. The molecule has 4 heteroatoms. The van der Waals surface area contributed by atoms with Crippen LogP contribution < -0.4 is 5.73 Å². The summed E-state index contributed by atoms with van der Waals surface area (Å²) in [4.78, 5) is 0. The number of aryl methyl sites for hydroxylation is 2. The third kappa shape index (κ3) is 3.57. The normalized spacial score (nSPS) is 13.2. The molecule has 84 valence electrons. The van der Waals surface area contributed by atoms with Gasteiger partial charge in [-0.2, -0.15) is 10.2 Å². The van der Waals surface area contributed by atoms with Crippen LogP contribution in [0.3, 0.4) is 0 Å². The predicted molar refractivity (Wildman–Crippen MR) is 59.5 cm³/mol. The van der Waals surface area contributed by atoms with E-state index in [4.69, 9.17) is 10.5 Å². The highest BCUT2D eigenvalue weighted by Crippen LogP contribution is 2.14. The van der Waals surface area contributed by atoms with Gasteiger partial charge in [0.25, 0.3) is 0 Å². The molecule has 0 spiro atoms. The maximum Gasteiger partial charge on any atom is 0.0663 e. The highest BCUT2D eigenvalue weighted by atomic mass is 16.5. The molecule has 1 unspecified atom stereocenters. The van der Waals surface area contributed by atoms with Crippen LogP contribution in [-0.2, 0) is 4.74 Å². The zero-order chi connectivity index (χ0) is 11.4. The lowest BCUT2D eigenvalue weighted by Gasteiger charge is -2.16. The lowest BCUT2D eigenvalue weighted by Crippen LogP contribution is -2.21. The van der Waals surface area contributed by atoms with Gasteiger partial charge in [0.2, 0.25) is 0 Å². The highest BCUT2D eigenvalue weighted by molar-refractivity contribution is 5.23. The van der Waals surface area contributed by atoms with E-state index in [0.29, 0.717) is 6.61 Å². The van der Waals surface area contributed by atoms with Crippen LogP contribution in [0.5, 0.6) is 0 Å². The lowest BCUT2D eigenvalue weighted by atomic mass is 10.1. The minimum atomic E-state index is -0.124. The Morgan fingerprint density at radius 3 is 2.60 bits per heavy atom. The standard InChI is InChI=1S/C11H19N3O/c1-7(2)15-6-11(12)10-5-8(3)13-14-9(10)4/h5,7,11H,6,12H2,1-4H3. The van der Waals surface area contributed by atoms with E-state index in [0.717, 1.165) is 17.0 Å². The Morgan fingerprint density at radius 2 is 2.00 bits per heavy atom. The highest BCUT2D eigenvalue weighted by Gasteiger charge is 2.11. The van der Waals surface area contributed by atoms with Crippen LogP contribution in [0.4, 0.5) is 0 Å². The number of ether oxygens (including phenoxy) is 1. The zero-order valence-electron chi connectivity index (χ0n) is 9.82. The van der Waals surface area contributed by atoms with E-state index in [2.05, 4.69) is 10.2 Å². The van der Waals surface area contributed by atoms with E-state index in [1.807, 2.05) is 33.8 Å². The number of aromatic nitrogens is 2. The summed E-state index contributed by atoms with van der Waals surface area (Å²) in [6.45, 7) is 8.33. The molecule has 2 N–H and O–H groups in total. The summed E-state index contributed by atoms with van der Waals surface area (Å²) in [5, 5.41) is 8.01. The Kier molecular flexibility index (Phi) is 4.17. The molecule has 0 aliphatic heterocycles. The van der Waals surface area contributed by atoms with Gasteiger partial charge < -0.3 is 10.5 Å². The average Bonchev–Trinajstić information content (AvgIpc) is 2.18. The molecule has 0 aliphatic carbocycles. The lowest BCUT2D eigenvalue weighted by molar-refractivity contribution is 0.0681. The fourth-order valence-electron chi connectivity index (χ4n) is 1.33. The average molecular weight is 209 g/mol. The molecular formula is C11H19N3O. The van der Waals surface area contributed by atoms with E-state index >= 15 is 0 Å². The fraction of sp³-hybridized carbons (Fsp3) is 0.636. The van der Waals surface area contributed by atoms with Crippen molar-refractivity contribution in [2.75, 3.05) is 6.61 Å². The molecule has 0 saturated heterocycles. The SMILES string of the molecule is Cc1cc(C(N)COC(C)C)c(C)nn1. The summed E-state index contributed by atoms with van der Waals surface area (Å²) in [7, 11) is 0. The molecule has 4 nitrogen and oxygen atoms in total. The van der Waals surface area contributed by atoms with Crippen LogP contribution in [0.25, 0.3) is 0 Å². The molecule has 15 heavy (non-hydrogen) atoms. The third-order valence-electron chi connectivity index (χ3n) is 2.15. The van der Waals surface area contributed by atoms with Crippen molar-refractivity contribution in [1.29, 1.82) is 0 Å². The van der Waals surface area contributed by atoms with E-state index in [1.54, 1.807) is 0 Å². The van der Waals surface area contributed by atoms with Crippen molar-refractivity contribution >= 4 is 0 Å². The summed E-state index contributed by atoms with van der Waals surface area (Å²) < 4.78 is 5.48. The molecular weight excluding hydrogens is 190 g/mol. The third-order valence-corrected chi connectivity index (χ3v) is 2.15. The summed E-state index contributed by atoms with van der Waals surface area (Å²) in [6.07, 6.45) is 0.201. The van der Waals surface area contributed by atoms with Crippen molar-refractivity contribution in [2.24, 2.45) is 5.73 Å². The maximum atomic E-state index is 6.02. The molecule has 0 aromatic carbocycles. The molecule has 1 aromatic rings. The molecule has 0 fully saturated rings. The van der Waals surface area contributed by atoms with E-state index in [9.17, 15) is 0 Å². The minimum Gasteiger partial charge on any atom is -0.377 e. The first kappa shape index (κ1) is 12.1. The molecule has 0 radical (unpaired) electrons. The van der Waals surface area contributed by atoms with Crippen LogP contribution in [0.15, 0.2) is 6.07 Å². The summed E-state index contributed by atoms with van der Waals surface area (Å²) in [6, 6.07) is 1.85. The van der Waals surface area contributed by atoms with Crippen molar-refractivity contribution in [3.05, 3.63) is 23.0 Å². The molecule has 1 atom stereocenters. The van der Waals surface area contributed by atoms with E-state index < -0.39 is 0 Å². The van der Waals surface area contributed by atoms with Gasteiger partial charge in [-0.25, -0.2) is 0 Å². The number of rotatable bonds is 4. The Morgan fingerprint density at radius 1 is 1.33 bits per heavy atom. The quantitative estimate of drug-likeness (QED) is 0.816. The number of hydrogen-bond donors (Lipinski definition) is 1. The summed E-state index contributed by atoms with van der Waals surface area (Å²) in [5.74, 6) is 0. The van der Waals surface area contributed by atoms with Crippen LogP contribution in [0.1, 0.15) is 36.8 Å². The second kappa shape index (κ2) is 5.19. The van der Waals surface area contributed by atoms with Gasteiger partial charge in [0, 0.05) is 0 Å². The molecule has 0 bridgehead atoms. The smallest absolute Gasteiger partial charge is 0.0663 e. The second-order valence-corrected chi connectivity index (χ2v) is 4.02. The summed E-state index contributed by atoms with van der Waals surface area (Å²) in [5.41, 5.74) is 8.80. The predicted octanol–water partition coefficient (Wildman–Crippen LogP) is 1.52. The Bertz CT molecular complexity index is 326. The first-order chi connectivity index (χ1) is 7.00.